The Hall–Kier alpha value is -3.51. The number of benzene rings is 2. The smallest absolute Gasteiger partial charge is 0.291 e. The number of carbonyl (C=O) groups excluding carboxylic acids is 1. The molecule has 0 unspecified atom stereocenters. The monoisotopic (exact) mass is 447 g/mol. The average Bonchev–Trinajstić information content (AvgIpc) is 3.53. The van der Waals surface area contributed by atoms with Crippen LogP contribution in [0.15, 0.2) is 71.4 Å². The lowest BCUT2D eigenvalue weighted by Crippen LogP contribution is -2.11. The Morgan fingerprint density at radius 2 is 2.03 bits per heavy atom. The lowest BCUT2D eigenvalue weighted by Gasteiger charge is -2.07. The van der Waals surface area contributed by atoms with Crippen molar-refractivity contribution in [2.24, 2.45) is 0 Å². The molecule has 4 aromatic rings. The van der Waals surface area contributed by atoms with Gasteiger partial charge < -0.3 is 14.5 Å². The van der Waals surface area contributed by atoms with Gasteiger partial charge in [0, 0.05) is 11.9 Å². The van der Waals surface area contributed by atoms with Gasteiger partial charge in [0.2, 0.25) is 0 Å². The van der Waals surface area contributed by atoms with Gasteiger partial charge in [-0.15, -0.1) is 0 Å². The summed E-state index contributed by atoms with van der Waals surface area (Å²) >= 11 is 5.92. The summed E-state index contributed by atoms with van der Waals surface area (Å²) in [7, 11) is 0. The number of fused-ring (bicyclic) bond motifs is 1. The van der Waals surface area contributed by atoms with Crippen LogP contribution >= 0.6 is 11.6 Å². The van der Waals surface area contributed by atoms with Crippen LogP contribution in [0.3, 0.4) is 0 Å². The molecule has 5 rings (SSSR count). The van der Waals surface area contributed by atoms with E-state index in [0.29, 0.717) is 23.0 Å². The fourth-order valence-corrected chi connectivity index (χ4v) is 4.08. The minimum atomic E-state index is -0.312. The second kappa shape index (κ2) is 8.93. The summed E-state index contributed by atoms with van der Waals surface area (Å²) in [4.78, 5) is 12.6. The number of nitrogens with one attached hydrogen (secondary N) is 1. The Labute approximate surface area is 190 Å². The minimum absolute atomic E-state index is 0.238. The van der Waals surface area contributed by atoms with Gasteiger partial charge in [-0.1, -0.05) is 29.8 Å². The van der Waals surface area contributed by atoms with Gasteiger partial charge in [-0.05, 0) is 72.4 Å². The third kappa shape index (κ3) is 4.70. The molecule has 0 saturated carbocycles. The topological polar surface area (TPSA) is 69.3 Å². The van der Waals surface area contributed by atoms with Gasteiger partial charge in [-0.2, -0.15) is 5.10 Å². The molecular weight excluding hydrogens is 426 g/mol. The van der Waals surface area contributed by atoms with E-state index in [1.807, 2.05) is 30.3 Å². The molecular formula is C25H22ClN3O3. The van der Waals surface area contributed by atoms with Crippen molar-refractivity contribution in [1.82, 2.24) is 9.78 Å². The van der Waals surface area contributed by atoms with Gasteiger partial charge in [-0.25, -0.2) is 0 Å². The molecule has 0 atom stereocenters. The van der Waals surface area contributed by atoms with Crippen LogP contribution in [0.1, 0.15) is 39.4 Å². The number of carbonyl (C=O) groups is 1. The third-order valence-corrected chi connectivity index (χ3v) is 5.66. The Morgan fingerprint density at radius 3 is 2.91 bits per heavy atom. The number of rotatable bonds is 7. The second-order valence-electron chi connectivity index (χ2n) is 7.85. The molecule has 32 heavy (non-hydrogen) atoms. The number of nitrogens with zero attached hydrogens (tertiary/aromatic N) is 2. The van der Waals surface area contributed by atoms with E-state index in [4.69, 9.17) is 20.8 Å². The van der Waals surface area contributed by atoms with Gasteiger partial charge in [-0.3, -0.25) is 9.48 Å². The van der Waals surface area contributed by atoms with Crippen LogP contribution in [-0.4, -0.2) is 15.7 Å². The number of ether oxygens (including phenoxy) is 1. The van der Waals surface area contributed by atoms with Crippen LogP contribution in [0.25, 0.3) is 0 Å². The number of hydrogen-bond donors (Lipinski definition) is 1. The molecule has 2 heterocycles. The van der Waals surface area contributed by atoms with Crippen molar-refractivity contribution < 1.29 is 13.9 Å². The lowest BCUT2D eigenvalue weighted by atomic mass is 10.1. The molecule has 1 aliphatic carbocycles. The lowest BCUT2D eigenvalue weighted by molar-refractivity contribution is 0.0992. The van der Waals surface area contributed by atoms with E-state index in [9.17, 15) is 4.79 Å². The molecule has 6 nitrogen and oxygen atoms in total. The van der Waals surface area contributed by atoms with Gasteiger partial charge in [0.15, 0.2) is 5.76 Å². The molecule has 162 valence electrons. The maximum Gasteiger partial charge on any atom is 0.291 e. The third-order valence-electron chi connectivity index (χ3n) is 5.47. The van der Waals surface area contributed by atoms with Crippen molar-refractivity contribution in [1.29, 1.82) is 0 Å². The Balaban J connectivity index is 1.19. The molecule has 0 bridgehead atoms. The number of aryl methyl sites for hydroxylation is 2. The first-order valence-electron chi connectivity index (χ1n) is 10.5. The summed E-state index contributed by atoms with van der Waals surface area (Å²) in [5.74, 6) is 1.35. The van der Waals surface area contributed by atoms with E-state index >= 15 is 0 Å². The molecule has 7 heteroatoms. The zero-order valence-electron chi connectivity index (χ0n) is 17.4. The summed E-state index contributed by atoms with van der Waals surface area (Å²) < 4.78 is 13.3. The zero-order chi connectivity index (χ0) is 21.9. The summed E-state index contributed by atoms with van der Waals surface area (Å²) in [5, 5.41) is 7.64. The van der Waals surface area contributed by atoms with Crippen LogP contribution in [0.2, 0.25) is 5.02 Å². The van der Waals surface area contributed by atoms with Crippen molar-refractivity contribution in [3.05, 3.63) is 100 Å². The minimum Gasteiger partial charge on any atom is -0.486 e. The van der Waals surface area contributed by atoms with E-state index < -0.39 is 0 Å². The van der Waals surface area contributed by atoms with Crippen LogP contribution < -0.4 is 10.1 Å². The highest BCUT2D eigenvalue weighted by Crippen LogP contribution is 2.26. The largest absolute Gasteiger partial charge is 0.486 e. The summed E-state index contributed by atoms with van der Waals surface area (Å²) in [6.07, 6.45) is 6.80. The fourth-order valence-electron chi connectivity index (χ4n) is 3.92. The molecule has 2 aromatic heterocycles. The van der Waals surface area contributed by atoms with E-state index in [0.717, 1.165) is 24.2 Å². The number of aromatic nitrogens is 2. The Bertz CT molecular complexity index is 1260. The van der Waals surface area contributed by atoms with Crippen LogP contribution in [0, 0.1) is 0 Å². The summed E-state index contributed by atoms with van der Waals surface area (Å²) in [5.41, 5.74) is 4.44. The van der Waals surface area contributed by atoms with Crippen molar-refractivity contribution in [3.63, 3.8) is 0 Å². The van der Waals surface area contributed by atoms with Crippen LogP contribution in [-0.2, 0) is 26.0 Å². The number of halogens is 1. The Kier molecular flexibility index (Phi) is 5.69. The SMILES string of the molecule is O=C(Nc1cccc(Cn2cc(Cl)cn2)c1)c1ccc(COc2ccc3c(c2)CCC3)o1. The number of furan rings is 1. The normalized spacial score (nSPS) is 12.5. The molecule has 0 spiro atoms. The summed E-state index contributed by atoms with van der Waals surface area (Å²) in [6, 6.07) is 17.2. The van der Waals surface area contributed by atoms with Crippen molar-refractivity contribution in [2.75, 3.05) is 5.32 Å². The van der Waals surface area contributed by atoms with Crippen LogP contribution in [0.4, 0.5) is 5.69 Å². The predicted octanol–water partition coefficient (Wildman–Crippen LogP) is 5.50. The van der Waals surface area contributed by atoms with E-state index in [-0.39, 0.29) is 18.3 Å². The highest BCUT2D eigenvalue weighted by atomic mass is 35.5. The maximum atomic E-state index is 12.6. The molecule has 0 radical (unpaired) electrons. The zero-order valence-corrected chi connectivity index (χ0v) is 18.1. The van der Waals surface area contributed by atoms with E-state index in [1.165, 1.54) is 17.5 Å². The first kappa shape index (κ1) is 20.4. The van der Waals surface area contributed by atoms with Crippen molar-refractivity contribution >= 4 is 23.2 Å². The number of anilines is 1. The molecule has 0 aliphatic heterocycles. The maximum absolute atomic E-state index is 12.6. The molecule has 1 N–H and O–H groups in total. The number of amides is 1. The molecule has 0 fully saturated rings. The number of hydrogen-bond acceptors (Lipinski definition) is 4. The van der Waals surface area contributed by atoms with Gasteiger partial charge >= 0.3 is 0 Å². The molecule has 2 aromatic carbocycles. The van der Waals surface area contributed by atoms with Crippen LogP contribution in [0.5, 0.6) is 5.75 Å². The fraction of sp³-hybridized carbons (Fsp3) is 0.200. The van der Waals surface area contributed by atoms with Gasteiger partial charge in [0.25, 0.3) is 5.91 Å². The molecule has 1 amide bonds. The Morgan fingerprint density at radius 1 is 1.12 bits per heavy atom. The molecule has 0 saturated heterocycles. The van der Waals surface area contributed by atoms with Crippen molar-refractivity contribution in [3.8, 4) is 5.75 Å². The first-order valence-corrected chi connectivity index (χ1v) is 10.9. The highest BCUT2D eigenvalue weighted by molar-refractivity contribution is 6.30. The van der Waals surface area contributed by atoms with Crippen molar-refractivity contribution in [2.45, 2.75) is 32.4 Å². The quantitative estimate of drug-likeness (QED) is 0.406. The average molecular weight is 448 g/mol. The van der Waals surface area contributed by atoms with E-state index in [2.05, 4.69) is 22.5 Å². The highest BCUT2D eigenvalue weighted by Gasteiger charge is 2.14. The predicted molar refractivity (Wildman–Crippen MR) is 122 cm³/mol. The van der Waals surface area contributed by atoms with E-state index in [1.54, 1.807) is 29.2 Å². The second-order valence-corrected chi connectivity index (χ2v) is 8.29. The first-order chi connectivity index (χ1) is 15.6. The van der Waals surface area contributed by atoms with Gasteiger partial charge in [0.1, 0.15) is 18.1 Å². The summed E-state index contributed by atoms with van der Waals surface area (Å²) in [6.45, 7) is 0.829. The standard InChI is InChI=1S/C25H22ClN3O3/c26-20-13-27-29(15-20)14-17-3-1-6-21(11-17)28-25(30)24-10-9-23(32-24)16-31-22-8-7-18-4-2-5-19(18)12-22/h1,3,6-13,15H,2,4-5,14,16H2,(H,28,30). The molecule has 1 aliphatic rings. The van der Waals surface area contributed by atoms with Gasteiger partial charge in [0.05, 0.1) is 17.8 Å².